The van der Waals surface area contributed by atoms with Gasteiger partial charge in [-0.3, -0.25) is 0 Å². The Hall–Kier alpha value is -3.55. The van der Waals surface area contributed by atoms with Crippen LogP contribution in [0.4, 0.5) is 0 Å². The van der Waals surface area contributed by atoms with E-state index in [2.05, 4.69) is 34.7 Å². The molecule has 0 spiro atoms. The van der Waals surface area contributed by atoms with Gasteiger partial charge in [-0.15, -0.1) is 0 Å². The zero-order valence-electron chi connectivity index (χ0n) is 20.3. The molecule has 0 aliphatic carbocycles. The molecule has 0 atom stereocenters. The molecule has 0 saturated carbocycles. The summed E-state index contributed by atoms with van der Waals surface area (Å²) in [4.78, 5) is 9.71. The molecular formula is C28H31N5O2. The van der Waals surface area contributed by atoms with Gasteiger partial charge < -0.3 is 20.3 Å². The first-order valence-electron chi connectivity index (χ1n) is 12.2. The van der Waals surface area contributed by atoms with E-state index in [9.17, 15) is 0 Å². The van der Waals surface area contributed by atoms with E-state index < -0.39 is 0 Å². The summed E-state index contributed by atoms with van der Waals surface area (Å²) in [6.07, 6.45) is 3.97. The van der Waals surface area contributed by atoms with Gasteiger partial charge in [0.05, 0.1) is 24.2 Å². The van der Waals surface area contributed by atoms with Crippen molar-refractivity contribution >= 4 is 0 Å². The van der Waals surface area contributed by atoms with Crippen molar-refractivity contribution in [3.8, 4) is 39.5 Å². The Morgan fingerprint density at radius 3 is 2.26 bits per heavy atom. The van der Waals surface area contributed by atoms with Gasteiger partial charge in [-0.2, -0.15) is 0 Å². The summed E-state index contributed by atoms with van der Waals surface area (Å²) < 4.78 is 11.5. The molecule has 2 aromatic heterocycles. The zero-order valence-corrected chi connectivity index (χ0v) is 20.3. The molecule has 35 heavy (non-hydrogen) atoms. The van der Waals surface area contributed by atoms with Crippen LogP contribution in [0.2, 0.25) is 0 Å². The summed E-state index contributed by atoms with van der Waals surface area (Å²) in [6, 6.07) is 16.4. The third kappa shape index (κ3) is 5.11. The average Bonchev–Trinajstić information content (AvgIpc) is 3.25. The third-order valence-corrected chi connectivity index (χ3v) is 6.62. The van der Waals surface area contributed by atoms with Crippen molar-refractivity contribution in [3.63, 3.8) is 0 Å². The van der Waals surface area contributed by atoms with Crippen LogP contribution in [-0.2, 0) is 6.54 Å². The second-order valence-electron chi connectivity index (χ2n) is 9.09. The maximum Gasteiger partial charge on any atom is 0.232 e. The fourth-order valence-electron chi connectivity index (χ4n) is 4.60. The van der Waals surface area contributed by atoms with Crippen LogP contribution >= 0.6 is 0 Å². The van der Waals surface area contributed by atoms with E-state index in [-0.39, 0.29) is 0 Å². The van der Waals surface area contributed by atoms with E-state index in [1.165, 1.54) is 0 Å². The van der Waals surface area contributed by atoms with Crippen LogP contribution in [0.25, 0.3) is 33.6 Å². The summed E-state index contributed by atoms with van der Waals surface area (Å²) in [7, 11) is 0. The number of aryl methyl sites for hydroxylation is 2. The molecule has 0 radical (unpaired) electrons. The van der Waals surface area contributed by atoms with Gasteiger partial charge in [0.2, 0.25) is 5.88 Å². The Labute approximate surface area is 205 Å². The quantitative estimate of drug-likeness (QED) is 0.396. The summed E-state index contributed by atoms with van der Waals surface area (Å²) in [5, 5.41) is 7.48. The molecule has 0 bridgehead atoms. The highest BCUT2D eigenvalue weighted by Gasteiger charge is 2.17. The van der Waals surface area contributed by atoms with Gasteiger partial charge >= 0.3 is 0 Å². The highest BCUT2D eigenvalue weighted by Crippen LogP contribution is 2.33. The van der Waals surface area contributed by atoms with E-state index in [1.807, 2.05) is 38.1 Å². The minimum Gasteiger partial charge on any atom is -0.476 e. The molecule has 4 aromatic rings. The molecule has 7 nitrogen and oxygen atoms in total. The number of nitrogens with zero attached hydrogens (tertiary/aromatic N) is 3. The minimum atomic E-state index is 0.505. The number of rotatable bonds is 7. The molecule has 3 heterocycles. The lowest BCUT2D eigenvalue weighted by Crippen LogP contribution is -2.30. The van der Waals surface area contributed by atoms with Gasteiger partial charge in [0.25, 0.3) is 0 Å². The highest BCUT2D eigenvalue weighted by molar-refractivity contribution is 5.80. The van der Waals surface area contributed by atoms with Crippen molar-refractivity contribution in [3.05, 3.63) is 71.7 Å². The molecule has 5 rings (SSSR count). The average molecular weight is 470 g/mol. The zero-order chi connectivity index (χ0) is 24.2. The molecule has 1 aliphatic rings. The van der Waals surface area contributed by atoms with Gasteiger partial charge in [-0.05, 0) is 56.8 Å². The van der Waals surface area contributed by atoms with E-state index >= 15 is 0 Å². The number of hydrogen-bond acceptors (Lipinski definition) is 7. The summed E-state index contributed by atoms with van der Waals surface area (Å²) in [5.74, 6) is 1.90. The molecular weight excluding hydrogens is 438 g/mol. The minimum absolute atomic E-state index is 0.505. The Kier molecular flexibility index (Phi) is 6.88. The van der Waals surface area contributed by atoms with Crippen LogP contribution in [0.1, 0.15) is 29.9 Å². The predicted octanol–water partition coefficient (Wildman–Crippen LogP) is 4.92. The lowest BCUT2D eigenvalue weighted by Gasteiger charge is -2.22. The molecule has 2 aromatic carbocycles. The number of ether oxygens (including phenoxy) is 1. The second-order valence-corrected chi connectivity index (χ2v) is 9.09. The van der Waals surface area contributed by atoms with E-state index in [1.54, 1.807) is 6.20 Å². The van der Waals surface area contributed by atoms with Crippen LogP contribution in [0, 0.1) is 19.8 Å². The first kappa shape index (κ1) is 23.2. The van der Waals surface area contributed by atoms with Crippen molar-refractivity contribution < 1.29 is 9.26 Å². The van der Waals surface area contributed by atoms with Crippen molar-refractivity contribution in [1.29, 1.82) is 0 Å². The Morgan fingerprint density at radius 2 is 1.60 bits per heavy atom. The predicted molar refractivity (Wildman–Crippen MR) is 137 cm³/mol. The van der Waals surface area contributed by atoms with Gasteiger partial charge in [0.15, 0.2) is 0 Å². The Bertz CT molecular complexity index is 1260. The van der Waals surface area contributed by atoms with Crippen LogP contribution in [0.15, 0.2) is 59.3 Å². The number of nitrogens with one attached hydrogen (secondary N) is 1. The topological polar surface area (TPSA) is 99.1 Å². The summed E-state index contributed by atoms with van der Waals surface area (Å²) in [5.41, 5.74) is 13.4. The molecule has 0 amide bonds. The lowest BCUT2D eigenvalue weighted by molar-refractivity contribution is 0.208. The van der Waals surface area contributed by atoms with Gasteiger partial charge in [0, 0.05) is 23.2 Å². The molecule has 1 saturated heterocycles. The van der Waals surface area contributed by atoms with Crippen LogP contribution in [0.5, 0.6) is 5.88 Å². The van der Waals surface area contributed by atoms with Gasteiger partial charge in [-0.25, -0.2) is 9.97 Å². The maximum atomic E-state index is 6.11. The van der Waals surface area contributed by atoms with Crippen LogP contribution < -0.4 is 15.8 Å². The third-order valence-electron chi connectivity index (χ3n) is 6.62. The Morgan fingerprint density at radius 1 is 0.943 bits per heavy atom. The number of aromatic nitrogens is 3. The highest BCUT2D eigenvalue weighted by atomic mass is 16.5. The van der Waals surface area contributed by atoms with Crippen molar-refractivity contribution in [2.24, 2.45) is 11.7 Å². The van der Waals surface area contributed by atoms with Crippen molar-refractivity contribution in [2.45, 2.75) is 33.2 Å². The van der Waals surface area contributed by atoms with Crippen molar-refractivity contribution in [2.75, 3.05) is 19.7 Å². The van der Waals surface area contributed by atoms with Crippen LogP contribution in [-0.4, -0.2) is 34.8 Å². The smallest absolute Gasteiger partial charge is 0.232 e. The Balaban J connectivity index is 1.49. The largest absolute Gasteiger partial charge is 0.476 e. The van der Waals surface area contributed by atoms with E-state index in [0.717, 1.165) is 76.6 Å². The molecule has 0 unspecified atom stereocenters. The number of piperidine rings is 1. The van der Waals surface area contributed by atoms with Crippen molar-refractivity contribution in [1.82, 2.24) is 20.4 Å². The fraction of sp³-hybridized carbons (Fsp3) is 0.321. The maximum absolute atomic E-state index is 6.11. The molecule has 180 valence electrons. The first-order chi connectivity index (χ1) is 17.1. The lowest BCUT2D eigenvalue weighted by atomic mass is 9.99. The van der Waals surface area contributed by atoms with Gasteiger partial charge in [0.1, 0.15) is 11.5 Å². The summed E-state index contributed by atoms with van der Waals surface area (Å²) in [6.45, 7) is 7.13. The number of nitrogens with two attached hydrogens (primary N) is 1. The van der Waals surface area contributed by atoms with E-state index in [4.69, 9.17) is 25.0 Å². The van der Waals surface area contributed by atoms with E-state index in [0.29, 0.717) is 24.9 Å². The fourth-order valence-corrected chi connectivity index (χ4v) is 4.60. The molecule has 1 aliphatic heterocycles. The standard InChI is InChI=1S/C28H31N5O2/c1-18-26(19(2)35-33-18)22-7-9-24(10-8-22)28-27(23-5-3-20(15-29)4-6-23)31-16-25(32-28)34-17-21-11-13-30-14-12-21/h3-10,16,21,30H,11-15,17,29H2,1-2H3. The summed E-state index contributed by atoms with van der Waals surface area (Å²) >= 11 is 0. The molecule has 3 N–H and O–H groups in total. The molecule has 1 fully saturated rings. The molecule has 7 heteroatoms. The normalized spacial score (nSPS) is 14.3. The SMILES string of the molecule is Cc1noc(C)c1-c1ccc(-c2nc(OCC3CCNCC3)cnc2-c2ccc(CN)cc2)cc1. The second kappa shape index (κ2) is 10.4. The van der Waals surface area contributed by atoms with Crippen LogP contribution in [0.3, 0.4) is 0 Å². The number of benzene rings is 2. The number of hydrogen-bond donors (Lipinski definition) is 2. The monoisotopic (exact) mass is 469 g/mol. The first-order valence-corrected chi connectivity index (χ1v) is 12.2. The van der Waals surface area contributed by atoms with Gasteiger partial charge in [-0.1, -0.05) is 53.7 Å².